The van der Waals surface area contributed by atoms with Gasteiger partial charge in [-0.05, 0) is 12.8 Å². The van der Waals surface area contributed by atoms with E-state index in [2.05, 4.69) is 13.5 Å². The Hall–Kier alpha value is -0.300. The molecular weight excluding hydrogens is 100 g/mol. The van der Waals surface area contributed by atoms with Crippen molar-refractivity contribution < 1.29 is 4.74 Å². The minimum Gasteiger partial charge on any atom is -0.384 e. The van der Waals surface area contributed by atoms with Crippen LogP contribution in [0.4, 0.5) is 0 Å². The van der Waals surface area contributed by atoms with Crippen LogP contribution in [0.2, 0.25) is 0 Å². The van der Waals surface area contributed by atoms with Crippen molar-refractivity contribution in [3.63, 3.8) is 0 Å². The molecule has 0 rings (SSSR count). The molecule has 0 atom stereocenters. The number of hydrogen-bond acceptors (Lipinski definition) is 1. The summed E-state index contributed by atoms with van der Waals surface area (Å²) in [5.41, 5.74) is 1.27. The van der Waals surface area contributed by atoms with E-state index in [1.165, 1.54) is 5.57 Å². The van der Waals surface area contributed by atoms with Crippen molar-refractivity contribution in [3.8, 4) is 0 Å². The quantitative estimate of drug-likeness (QED) is 0.508. The fourth-order valence-electron chi connectivity index (χ4n) is 0.423. The molecule has 0 spiro atoms. The van der Waals surface area contributed by atoms with Gasteiger partial charge in [0.1, 0.15) is 0 Å². The summed E-state index contributed by atoms with van der Waals surface area (Å²) in [5, 5.41) is 0. The molecule has 0 radical (unpaired) electrons. The van der Waals surface area contributed by atoms with E-state index in [0.717, 1.165) is 19.4 Å². The normalized spacial score (nSPS) is 9.25. The van der Waals surface area contributed by atoms with Crippen LogP contribution in [0.15, 0.2) is 12.2 Å². The molecule has 48 valence electrons. The van der Waals surface area contributed by atoms with Crippen LogP contribution in [0.3, 0.4) is 0 Å². The second-order valence-corrected chi connectivity index (χ2v) is 1.85. The van der Waals surface area contributed by atoms with Crippen LogP contribution in [-0.4, -0.2) is 13.7 Å². The highest BCUT2D eigenvalue weighted by Crippen LogP contribution is 2.00. The van der Waals surface area contributed by atoms with Crippen molar-refractivity contribution in [2.45, 2.75) is 19.8 Å². The molecule has 0 bridgehead atoms. The van der Waals surface area contributed by atoms with Crippen molar-refractivity contribution in [1.82, 2.24) is 0 Å². The van der Waals surface area contributed by atoms with Crippen LogP contribution in [0.25, 0.3) is 0 Å². The molecule has 0 heterocycles. The summed E-state index contributed by atoms with van der Waals surface area (Å²) in [7, 11) is 1.71. The number of methoxy groups -OCH3 is 1. The first-order valence-electron chi connectivity index (χ1n) is 2.96. The zero-order valence-corrected chi connectivity index (χ0v) is 5.74. The molecule has 1 heteroatoms. The number of ether oxygens (including phenoxy) is 1. The molecule has 0 aliphatic heterocycles. The van der Waals surface area contributed by atoms with Crippen molar-refractivity contribution in [2.24, 2.45) is 0 Å². The lowest BCUT2D eigenvalue weighted by Crippen LogP contribution is -1.88. The van der Waals surface area contributed by atoms with Crippen molar-refractivity contribution in [3.05, 3.63) is 12.2 Å². The third-order valence-corrected chi connectivity index (χ3v) is 1.16. The molecule has 0 N–H and O–H groups in total. The fourth-order valence-corrected chi connectivity index (χ4v) is 0.423. The minimum atomic E-state index is 0.812. The Kier molecular flexibility index (Phi) is 4.67. The maximum absolute atomic E-state index is 4.85. The van der Waals surface area contributed by atoms with Gasteiger partial charge in [-0.3, -0.25) is 0 Å². The maximum Gasteiger partial charge on any atom is 0.0499 e. The average Bonchev–Trinajstić information content (AvgIpc) is 1.83. The lowest BCUT2D eigenvalue weighted by Gasteiger charge is -1.98. The molecule has 0 saturated carbocycles. The van der Waals surface area contributed by atoms with Crippen LogP contribution >= 0.6 is 0 Å². The topological polar surface area (TPSA) is 9.23 Å². The summed E-state index contributed by atoms with van der Waals surface area (Å²) >= 11 is 0. The first kappa shape index (κ1) is 7.70. The maximum atomic E-state index is 4.85. The first-order chi connectivity index (χ1) is 3.81. The average molecular weight is 114 g/mol. The van der Waals surface area contributed by atoms with Crippen molar-refractivity contribution in [1.29, 1.82) is 0 Å². The van der Waals surface area contributed by atoms with E-state index >= 15 is 0 Å². The Balaban J connectivity index is 2.99. The zero-order chi connectivity index (χ0) is 6.41. The van der Waals surface area contributed by atoms with Gasteiger partial charge in [0.25, 0.3) is 0 Å². The van der Waals surface area contributed by atoms with Gasteiger partial charge in [0.05, 0.1) is 0 Å². The van der Waals surface area contributed by atoms with Crippen LogP contribution in [0.1, 0.15) is 19.8 Å². The van der Waals surface area contributed by atoms with Gasteiger partial charge in [0.2, 0.25) is 0 Å². The van der Waals surface area contributed by atoms with E-state index in [0.29, 0.717) is 0 Å². The van der Waals surface area contributed by atoms with Crippen LogP contribution in [0.5, 0.6) is 0 Å². The van der Waals surface area contributed by atoms with Crippen LogP contribution < -0.4 is 0 Å². The van der Waals surface area contributed by atoms with E-state index in [9.17, 15) is 0 Å². The van der Waals surface area contributed by atoms with Crippen molar-refractivity contribution >= 4 is 0 Å². The summed E-state index contributed by atoms with van der Waals surface area (Å²) in [6, 6.07) is 0. The highest BCUT2D eigenvalue weighted by Gasteiger charge is 1.86. The minimum absolute atomic E-state index is 0.812. The largest absolute Gasteiger partial charge is 0.384 e. The Morgan fingerprint density at radius 2 is 2.25 bits per heavy atom. The van der Waals surface area contributed by atoms with E-state index in [4.69, 9.17) is 4.74 Å². The second kappa shape index (κ2) is 4.85. The van der Waals surface area contributed by atoms with E-state index in [1.54, 1.807) is 7.11 Å². The number of rotatable bonds is 4. The summed E-state index contributed by atoms with van der Waals surface area (Å²) in [6.07, 6.45) is 2.08. The molecule has 0 aromatic heterocycles. The van der Waals surface area contributed by atoms with Gasteiger partial charge in [-0.15, -0.1) is 0 Å². The van der Waals surface area contributed by atoms with Gasteiger partial charge >= 0.3 is 0 Å². The highest BCUT2D eigenvalue weighted by atomic mass is 16.5. The lowest BCUT2D eigenvalue weighted by molar-refractivity contribution is 0.201. The van der Waals surface area contributed by atoms with Gasteiger partial charge in [-0.1, -0.05) is 19.1 Å². The molecule has 0 unspecified atom stereocenters. The Bertz CT molecular complexity index is 66.8. The predicted octanol–water partition coefficient (Wildman–Crippen LogP) is 1.99. The first-order valence-corrected chi connectivity index (χ1v) is 2.96. The van der Waals surface area contributed by atoms with Crippen LogP contribution in [-0.2, 0) is 4.74 Å². The summed E-state index contributed by atoms with van der Waals surface area (Å²) < 4.78 is 4.85. The Morgan fingerprint density at radius 3 is 2.62 bits per heavy atom. The molecule has 0 fully saturated rings. The van der Waals surface area contributed by atoms with Gasteiger partial charge in [0.15, 0.2) is 0 Å². The summed E-state index contributed by atoms with van der Waals surface area (Å²) in [4.78, 5) is 0. The lowest BCUT2D eigenvalue weighted by atomic mass is 10.2. The van der Waals surface area contributed by atoms with Gasteiger partial charge in [0, 0.05) is 13.7 Å². The van der Waals surface area contributed by atoms with E-state index < -0.39 is 0 Å². The third-order valence-electron chi connectivity index (χ3n) is 1.16. The van der Waals surface area contributed by atoms with E-state index in [1.807, 2.05) is 0 Å². The number of hydrogen-bond donors (Lipinski definition) is 0. The molecule has 0 amide bonds. The second-order valence-electron chi connectivity index (χ2n) is 1.85. The summed E-state index contributed by atoms with van der Waals surface area (Å²) in [5.74, 6) is 0. The van der Waals surface area contributed by atoms with E-state index in [-0.39, 0.29) is 0 Å². The fraction of sp³-hybridized carbons (Fsp3) is 0.714. The standard InChI is InChI=1S/C7H14O/c1-4-7(2)5-6-8-3/h2,4-6H2,1,3H3. The molecule has 8 heavy (non-hydrogen) atoms. The third kappa shape index (κ3) is 3.88. The molecular formula is C7H14O. The monoisotopic (exact) mass is 114 g/mol. The SMILES string of the molecule is C=C(CC)CCOC. The molecule has 0 aromatic rings. The van der Waals surface area contributed by atoms with Gasteiger partial charge < -0.3 is 4.74 Å². The highest BCUT2D eigenvalue weighted by molar-refractivity contribution is 4.91. The molecule has 0 aliphatic rings. The Morgan fingerprint density at radius 1 is 1.62 bits per heavy atom. The zero-order valence-electron chi connectivity index (χ0n) is 5.74. The van der Waals surface area contributed by atoms with Crippen LogP contribution in [0, 0.1) is 0 Å². The summed E-state index contributed by atoms with van der Waals surface area (Å²) in [6.45, 7) is 6.75. The van der Waals surface area contributed by atoms with Gasteiger partial charge in [-0.25, -0.2) is 0 Å². The van der Waals surface area contributed by atoms with Crippen molar-refractivity contribution in [2.75, 3.05) is 13.7 Å². The molecule has 0 saturated heterocycles. The van der Waals surface area contributed by atoms with Gasteiger partial charge in [-0.2, -0.15) is 0 Å². The molecule has 1 nitrogen and oxygen atoms in total. The smallest absolute Gasteiger partial charge is 0.0499 e. The predicted molar refractivity (Wildman–Crippen MR) is 35.9 cm³/mol. The Labute approximate surface area is 51.4 Å². The molecule has 0 aliphatic carbocycles. The molecule has 0 aromatic carbocycles.